The van der Waals surface area contributed by atoms with Crippen LogP contribution in [0.15, 0.2) is 53.4 Å². The molecule has 4 rings (SSSR count). The van der Waals surface area contributed by atoms with Crippen LogP contribution in [0.1, 0.15) is 35.4 Å². The van der Waals surface area contributed by atoms with Crippen LogP contribution in [0.3, 0.4) is 0 Å². The highest BCUT2D eigenvalue weighted by Crippen LogP contribution is 2.43. The van der Waals surface area contributed by atoms with Crippen molar-refractivity contribution in [3.8, 4) is 23.3 Å². The lowest BCUT2D eigenvalue weighted by molar-refractivity contribution is -0.118. The second-order valence-corrected chi connectivity index (χ2v) is 10.3. The standard InChI is InChI=1S/C25H21ClFN3O5S/c1-14-8-19(36(29,32)33)4-6-21(14)30-23(31)13-34-22-7-5-20(26)25(24(22)27)35-18-10-15(12-28)9-17(11-18)16-2-3-16/h4-11,16H,2-3,13H2,1H3,(H,30,31)(H2,29,32,33). The summed E-state index contributed by atoms with van der Waals surface area (Å²) in [6.45, 7) is 1.06. The molecule has 0 spiro atoms. The molecule has 0 bridgehead atoms. The number of anilines is 1. The third-order valence-electron chi connectivity index (χ3n) is 5.50. The molecule has 186 valence electrons. The number of rotatable bonds is 8. The Morgan fingerprint density at radius 1 is 1.22 bits per heavy atom. The van der Waals surface area contributed by atoms with E-state index in [0.29, 0.717) is 22.7 Å². The largest absolute Gasteiger partial charge is 0.481 e. The number of nitrogens with one attached hydrogen (secondary N) is 1. The first-order valence-corrected chi connectivity index (χ1v) is 12.7. The second-order valence-electron chi connectivity index (χ2n) is 8.33. The molecule has 1 fully saturated rings. The van der Waals surface area contributed by atoms with Crippen molar-refractivity contribution in [3.05, 3.63) is 76.1 Å². The van der Waals surface area contributed by atoms with E-state index in [4.69, 9.17) is 26.2 Å². The lowest BCUT2D eigenvalue weighted by atomic mass is 10.1. The Bertz CT molecular complexity index is 1500. The summed E-state index contributed by atoms with van der Waals surface area (Å²) in [5.41, 5.74) is 2.15. The molecule has 1 aliphatic carbocycles. The smallest absolute Gasteiger partial charge is 0.262 e. The molecule has 0 aromatic heterocycles. The number of nitrogens with two attached hydrogens (primary N) is 1. The van der Waals surface area contributed by atoms with Crippen LogP contribution in [-0.4, -0.2) is 20.9 Å². The van der Waals surface area contributed by atoms with Gasteiger partial charge in [0.2, 0.25) is 15.8 Å². The molecule has 1 saturated carbocycles. The van der Waals surface area contributed by atoms with Gasteiger partial charge < -0.3 is 14.8 Å². The first kappa shape index (κ1) is 25.4. The molecule has 1 amide bonds. The molecular formula is C25H21ClFN3O5S. The summed E-state index contributed by atoms with van der Waals surface area (Å²) in [7, 11) is -3.88. The highest BCUT2D eigenvalue weighted by Gasteiger charge is 2.25. The summed E-state index contributed by atoms with van der Waals surface area (Å²) in [6, 6.07) is 13.7. The average Bonchev–Trinajstić information content (AvgIpc) is 3.67. The summed E-state index contributed by atoms with van der Waals surface area (Å²) in [4.78, 5) is 12.3. The zero-order valence-corrected chi connectivity index (χ0v) is 20.6. The highest BCUT2D eigenvalue weighted by atomic mass is 35.5. The number of carbonyl (C=O) groups is 1. The van der Waals surface area contributed by atoms with Gasteiger partial charge >= 0.3 is 0 Å². The highest BCUT2D eigenvalue weighted by molar-refractivity contribution is 7.89. The maximum atomic E-state index is 15.2. The third-order valence-corrected chi connectivity index (χ3v) is 6.71. The Kier molecular flexibility index (Phi) is 7.17. The molecule has 0 atom stereocenters. The van der Waals surface area contributed by atoms with Crippen molar-refractivity contribution in [1.29, 1.82) is 5.26 Å². The molecule has 8 nitrogen and oxygen atoms in total. The number of hydrogen-bond donors (Lipinski definition) is 2. The molecule has 11 heteroatoms. The van der Waals surface area contributed by atoms with Crippen LogP contribution in [0.5, 0.6) is 17.2 Å². The number of ether oxygens (including phenoxy) is 2. The number of benzene rings is 3. The van der Waals surface area contributed by atoms with Crippen LogP contribution < -0.4 is 19.9 Å². The molecule has 0 saturated heterocycles. The summed E-state index contributed by atoms with van der Waals surface area (Å²) in [6.07, 6.45) is 2.04. The molecule has 0 unspecified atom stereocenters. The molecule has 1 aliphatic rings. The van der Waals surface area contributed by atoms with Gasteiger partial charge in [0.15, 0.2) is 18.1 Å². The summed E-state index contributed by atoms with van der Waals surface area (Å²) >= 11 is 6.16. The number of nitrogens with zero attached hydrogens (tertiary/aromatic N) is 1. The van der Waals surface area contributed by atoms with Crippen molar-refractivity contribution in [3.63, 3.8) is 0 Å². The van der Waals surface area contributed by atoms with Crippen molar-refractivity contribution in [1.82, 2.24) is 0 Å². The van der Waals surface area contributed by atoms with Gasteiger partial charge in [-0.25, -0.2) is 13.6 Å². The molecule has 0 radical (unpaired) electrons. The Balaban J connectivity index is 1.47. The van der Waals surface area contributed by atoms with E-state index >= 15 is 4.39 Å². The number of halogens is 2. The summed E-state index contributed by atoms with van der Waals surface area (Å²) in [5.74, 6) is -1.43. The minimum atomic E-state index is -3.88. The first-order chi connectivity index (χ1) is 17.0. The fraction of sp³-hybridized carbons (Fsp3) is 0.200. The number of amides is 1. The van der Waals surface area contributed by atoms with Crippen molar-refractivity contribution in [2.24, 2.45) is 5.14 Å². The Labute approximate surface area is 212 Å². The van der Waals surface area contributed by atoms with Gasteiger partial charge in [-0.2, -0.15) is 9.65 Å². The number of nitriles is 1. The maximum Gasteiger partial charge on any atom is 0.262 e. The van der Waals surface area contributed by atoms with E-state index in [-0.39, 0.29) is 27.2 Å². The zero-order valence-electron chi connectivity index (χ0n) is 19.0. The number of primary sulfonamides is 1. The van der Waals surface area contributed by atoms with Crippen LogP contribution in [0.2, 0.25) is 5.02 Å². The van der Waals surface area contributed by atoms with Crippen LogP contribution in [0.4, 0.5) is 10.1 Å². The topological polar surface area (TPSA) is 132 Å². The van der Waals surface area contributed by atoms with Gasteiger partial charge in [-0.05, 0) is 85.3 Å². The monoisotopic (exact) mass is 529 g/mol. The average molecular weight is 530 g/mol. The lowest BCUT2D eigenvalue weighted by Crippen LogP contribution is -2.21. The number of hydrogen-bond acceptors (Lipinski definition) is 6. The SMILES string of the molecule is Cc1cc(S(N)(=O)=O)ccc1NC(=O)COc1ccc(Cl)c(Oc2cc(C#N)cc(C3CC3)c2)c1F. The molecule has 3 aromatic rings. The van der Waals surface area contributed by atoms with Crippen molar-refractivity contribution < 1.29 is 27.1 Å². The van der Waals surface area contributed by atoms with Gasteiger partial charge in [-0.15, -0.1) is 0 Å². The van der Waals surface area contributed by atoms with Gasteiger partial charge in [0.25, 0.3) is 5.91 Å². The van der Waals surface area contributed by atoms with Crippen LogP contribution >= 0.6 is 11.6 Å². The van der Waals surface area contributed by atoms with Gasteiger partial charge in [-0.1, -0.05) is 11.6 Å². The molecular weight excluding hydrogens is 509 g/mol. The minimum Gasteiger partial charge on any atom is -0.481 e. The Morgan fingerprint density at radius 2 is 1.97 bits per heavy atom. The lowest BCUT2D eigenvalue weighted by Gasteiger charge is -2.14. The van der Waals surface area contributed by atoms with Gasteiger partial charge in [0.1, 0.15) is 5.75 Å². The van der Waals surface area contributed by atoms with Crippen LogP contribution in [-0.2, 0) is 14.8 Å². The van der Waals surface area contributed by atoms with E-state index in [1.165, 1.54) is 36.4 Å². The van der Waals surface area contributed by atoms with Gasteiger partial charge in [0.05, 0.1) is 21.6 Å². The fourth-order valence-electron chi connectivity index (χ4n) is 3.52. The van der Waals surface area contributed by atoms with E-state index in [0.717, 1.165) is 18.4 Å². The molecule has 36 heavy (non-hydrogen) atoms. The number of aryl methyl sites for hydroxylation is 1. The van der Waals surface area contributed by atoms with E-state index in [1.54, 1.807) is 19.1 Å². The molecule has 0 aliphatic heterocycles. The van der Waals surface area contributed by atoms with Crippen LogP contribution in [0.25, 0.3) is 0 Å². The quantitative estimate of drug-likeness (QED) is 0.422. The third kappa shape index (κ3) is 5.94. The van der Waals surface area contributed by atoms with Crippen LogP contribution in [0, 0.1) is 24.1 Å². The number of sulfonamides is 1. The number of carbonyl (C=O) groups excluding carboxylic acids is 1. The fourth-order valence-corrected chi connectivity index (χ4v) is 4.30. The maximum absolute atomic E-state index is 15.2. The van der Waals surface area contributed by atoms with Crippen molar-refractivity contribution >= 4 is 33.2 Å². The van der Waals surface area contributed by atoms with Gasteiger partial charge in [-0.3, -0.25) is 4.79 Å². The second kappa shape index (κ2) is 10.1. The predicted octanol–water partition coefficient (Wildman–Crippen LogP) is 4.99. The zero-order chi connectivity index (χ0) is 26.0. The summed E-state index contributed by atoms with van der Waals surface area (Å²) < 4.78 is 49.1. The molecule has 3 N–H and O–H groups in total. The normalized spacial score (nSPS) is 13.1. The summed E-state index contributed by atoms with van der Waals surface area (Å²) in [5, 5.41) is 17.0. The Morgan fingerprint density at radius 3 is 2.61 bits per heavy atom. The van der Waals surface area contributed by atoms with E-state index in [2.05, 4.69) is 11.4 Å². The van der Waals surface area contributed by atoms with E-state index < -0.39 is 28.4 Å². The van der Waals surface area contributed by atoms with Crippen molar-refractivity contribution in [2.75, 3.05) is 11.9 Å². The molecule has 0 heterocycles. The minimum absolute atomic E-state index is 0.00907. The molecule has 3 aromatic carbocycles. The van der Waals surface area contributed by atoms with E-state index in [1.807, 2.05) is 0 Å². The predicted molar refractivity (Wildman–Crippen MR) is 131 cm³/mol. The first-order valence-electron chi connectivity index (χ1n) is 10.8. The Hall–Kier alpha value is -3.65. The van der Waals surface area contributed by atoms with Gasteiger partial charge in [0, 0.05) is 5.69 Å². The van der Waals surface area contributed by atoms with E-state index in [9.17, 15) is 18.5 Å². The van der Waals surface area contributed by atoms with Crippen molar-refractivity contribution in [2.45, 2.75) is 30.6 Å².